The maximum Gasteiger partial charge on any atom is 0.306 e. The molecule has 0 aliphatic rings. The van der Waals surface area contributed by atoms with Gasteiger partial charge in [-0.25, -0.2) is 0 Å². The smallest absolute Gasteiger partial charge is 0.306 e. The number of esters is 3. The van der Waals surface area contributed by atoms with Crippen LogP contribution in [0.15, 0.2) is 134 Å². The lowest BCUT2D eigenvalue weighted by Crippen LogP contribution is -2.30. The number of carbonyl (C=O) groups is 3. The van der Waals surface area contributed by atoms with Gasteiger partial charge in [0.25, 0.3) is 0 Å². The highest BCUT2D eigenvalue weighted by Crippen LogP contribution is 2.13. The van der Waals surface area contributed by atoms with Gasteiger partial charge in [0.15, 0.2) is 6.10 Å². The molecule has 0 fully saturated rings. The molecular formula is C57H88O6. The second-order valence-corrected chi connectivity index (χ2v) is 15.8. The number of rotatable bonds is 42. The van der Waals surface area contributed by atoms with E-state index >= 15 is 0 Å². The molecule has 0 aliphatic heterocycles. The molecule has 0 aromatic rings. The fourth-order valence-electron chi connectivity index (χ4n) is 6.17. The minimum atomic E-state index is -0.818. The Bertz CT molecular complexity index is 1420. The summed E-state index contributed by atoms with van der Waals surface area (Å²) in [6, 6.07) is 0. The number of unbranched alkanes of at least 4 members (excludes halogenated alkanes) is 17. The highest BCUT2D eigenvalue weighted by atomic mass is 16.6. The lowest BCUT2D eigenvalue weighted by molar-refractivity contribution is -0.167. The van der Waals surface area contributed by atoms with E-state index in [9.17, 15) is 14.4 Å². The minimum absolute atomic E-state index is 0.113. The van der Waals surface area contributed by atoms with E-state index < -0.39 is 6.10 Å². The van der Waals surface area contributed by atoms with Crippen LogP contribution < -0.4 is 0 Å². The molecule has 0 radical (unpaired) electrons. The molecule has 0 amide bonds. The molecule has 0 bridgehead atoms. The van der Waals surface area contributed by atoms with Gasteiger partial charge < -0.3 is 14.2 Å². The van der Waals surface area contributed by atoms with Crippen LogP contribution in [-0.2, 0) is 28.6 Å². The molecule has 1 unspecified atom stereocenters. The molecule has 63 heavy (non-hydrogen) atoms. The first kappa shape index (κ1) is 58.6. The lowest BCUT2D eigenvalue weighted by atomic mass is 10.1. The lowest BCUT2D eigenvalue weighted by Gasteiger charge is -2.18. The molecule has 0 saturated carbocycles. The van der Waals surface area contributed by atoms with Gasteiger partial charge in [-0.2, -0.15) is 0 Å². The monoisotopic (exact) mass is 869 g/mol. The molecule has 352 valence electrons. The fourth-order valence-corrected chi connectivity index (χ4v) is 6.17. The Hall–Kier alpha value is -4.45. The molecule has 0 spiro atoms. The summed E-state index contributed by atoms with van der Waals surface area (Å²) in [6.07, 6.45) is 69.9. The Morgan fingerprint density at radius 2 is 0.619 bits per heavy atom. The zero-order valence-corrected chi connectivity index (χ0v) is 40.0. The van der Waals surface area contributed by atoms with E-state index in [0.29, 0.717) is 12.8 Å². The van der Waals surface area contributed by atoms with Crippen molar-refractivity contribution in [2.75, 3.05) is 13.2 Å². The highest BCUT2D eigenvalue weighted by Gasteiger charge is 2.19. The summed E-state index contributed by atoms with van der Waals surface area (Å²) in [5.74, 6) is -1.00. The second kappa shape index (κ2) is 50.2. The van der Waals surface area contributed by atoms with E-state index in [-0.39, 0.29) is 37.5 Å². The summed E-state index contributed by atoms with van der Waals surface area (Å²) in [4.78, 5) is 37.9. The van der Waals surface area contributed by atoms with Crippen molar-refractivity contribution in [2.45, 2.75) is 194 Å². The van der Waals surface area contributed by atoms with Gasteiger partial charge in [0, 0.05) is 19.3 Å². The first-order valence-corrected chi connectivity index (χ1v) is 24.8. The van der Waals surface area contributed by atoms with Crippen LogP contribution in [0.1, 0.15) is 188 Å². The third-order valence-corrected chi connectivity index (χ3v) is 9.87. The average molecular weight is 869 g/mol. The van der Waals surface area contributed by atoms with Crippen LogP contribution >= 0.6 is 0 Å². The van der Waals surface area contributed by atoms with E-state index in [0.717, 1.165) is 109 Å². The predicted molar refractivity (Wildman–Crippen MR) is 269 cm³/mol. The SMILES string of the molecule is CC\C=C/C=C\C=C/C=C\C=C/CCCCCC(=O)OCC(COC(=O)CCCCCCCC/C=C\C=C/CCCCC)OC(=O)CCCCCCC\C=C/C=C\C=C/C=C\CC. The van der Waals surface area contributed by atoms with Gasteiger partial charge in [0.1, 0.15) is 13.2 Å². The van der Waals surface area contributed by atoms with Crippen LogP contribution in [0.4, 0.5) is 0 Å². The van der Waals surface area contributed by atoms with E-state index in [2.05, 4.69) is 81.5 Å². The standard InChI is InChI=1S/C57H88O6/c1-4-7-10-13-16-19-22-25-28-31-34-37-40-43-46-49-55(58)61-52-54(63-57(60)51-48-45-42-39-36-33-30-27-24-21-18-15-12-9-6-3)53-62-56(59)50-47-44-41-38-35-32-29-26-23-20-17-14-11-8-5-2/h7,9-10,12-13,15-28,30-31,34,54H,4-6,8,11,14,29,32-33,35-53H2,1-3H3/b10-7-,12-9-,16-13-,18-15-,20-17-,22-19-,24-21-,26-23-,28-25-,30-27-,34-31-. The third kappa shape index (κ3) is 48.4. The number of carbonyl (C=O) groups excluding carboxylic acids is 3. The van der Waals surface area contributed by atoms with Crippen molar-refractivity contribution in [3.8, 4) is 0 Å². The number of hydrogen-bond donors (Lipinski definition) is 0. The summed E-state index contributed by atoms with van der Waals surface area (Å²) in [5.41, 5.74) is 0. The highest BCUT2D eigenvalue weighted by molar-refractivity contribution is 5.71. The first-order valence-electron chi connectivity index (χ1n) is 24.8. The molecule has 6 nitrogen and oxygen atoms in total. The summed E-state index contributed by atoms with van der Waals surface area (Å²) < 4.78 is 16.7. The van der Waals surface area contributed by atoms with Crippen LogP contribution in [0.3, 0.4) is 0 Å². The molecular weight excluding hydrogens is 781 g/mol. The summed E-state index contributed by atoms with van der Waals surface area (Å²) in [7, 11) is 0. The first-order chi connectivity index (χ1) is 31.0. The Labute approximate surface area is 385 Å². The van der Waals surface area contributed by atoms with E-state index in [1.54, 1.807) is 0 Å². The molecule has 0 heterocycles. The molecule has 0 saturated heterocycles. The number of allylic oxidation sites excluding steroid dienone is 22. The van der Waals surface area contributed by atoms with Gasteiger partial charge in [0.05, 0.1) is 0 Å². The third-order valence-electron chi connectivity index (χ3n) is 9.87. The molecule has 0 aliphatic carbocycles. The van der Waals surface area contributed by atoms with Gasteiger partial charge in [0.2, 0.25) is 0 Å². The molecule has 0 aromatic heterocycles. The summed E-state index contributed by atoms with van der Waals surface area (Å²) in [5, 5.41) is 0. The molecule has 6 heteroatoms. The van der Waals surface area contributed by atoms with Crippen molar-refractivity contribution in [3.63, 3.8) is 0 Å². The zero-order chi connectivity index (χ0) is 45.8. The van der Waals surface area contributed by atoms with Crippen molar-refractivity contribution >= 4 is 17.9 Å². The van der Waals surface area contributed by atoms with E-state index in [1.165, 1.54) is 38.5 Å². The van der Waals surface area contributed by atoms with Crippen LogP contribution in [0, 0.1) is 0 Å². The normalized spacial score (nSPS) is 13.3. The van der Waals surface area contributed by atoms with Crippen LogP contribution in [0.2, 0.25) is 0 Å². The van der Waals surface area contributed by atoms with Crippen LogP contribution in [0.25, 0.3) is 0 Å². The summed E-state index contributed by atoms with van der Waals surface area (Å²) >= 11 is 0. The minimum Gasteiger partial charge on any atom is -0.462 e. The summed E-state index contributed by atoms with van der Waals surface area (Å²) in [6.45, 7) is 6.23. The number of ether oxygens (including phenoxy) is 3. The fraction of sp³-hybridized carbons (Fsp3) is 0.561. The maximum atomic E-state index is 12.8. The van der Waals surface area contributed by atoms with Crippen molar-refractivity contribution in [1.82, 2.24) is 0 Å². The Balaban J connectivity index is 4.57. The van der Waals surface area contributed by atoms with Gasteiger partial charge in [-0.05, 0) is 83.5 Å². The molecule has 0 aromatic carbocycles. The zero-order valence-electron chi connectivity index (χ0n) is 40.0. The quantitative estimate of drug-likeness (QED) is 0.0263. The number of hydrogen-bond acceptors (Lipinski definition) is 6. The largest absolute Gasteiger partial charge is 0.462 e. The molecule has 0 N–H and O–H groups in total. The Morgan fingerprint density at radius 1 is 0.333 bits per heavy atom. The van der Waals surface area contributed by atoms with Gasteiger partial charge >= 0.3 is 17.9 Å². The average Bonchev–Trinajstić information content (AvgIpc) is 3.28. The van der Waals surface area contributed by atoms with Gasteiger partial charge in [-0.3, -0.25) is 14.4 Å². The second-order valence-electron chi connectivity index (χ2n) is 15.8. The van der Waals surface area contributed by atoms with E-state index in [4.69, 9.17) is 14.2 Å². The predicted octanol–water partition coefficient (Wildman–Crippen LogP) is 16.3. The van der Waals surface area contributed by atoms with Crippen LogP contribution in [-0.4, -0.2) is 37.2 Å². The van der Waals surface area contributed by atoms with Gasteiger partial charge in [-0.15, -0.1) is 0 Å². The van der Waals surface area contributed by atoms with Crippen LogP contribution in [0.5, 0.6) is 0 Å². The van der Waals surface area contributed by atoms with E-state index in [1.807, 2.05) is 72.9 Å². The van der Waals surface area contributed by atoms with Crippen molar-refractivity contribution in [2.24, 2.45) is 0 Å². The van der Waals surface area contributed by atoms with Crippen molar-refractivity contribution in [1.29, 1.82) is 0 Å². The molecule has 1 atom stereocenters. The molecule has 0 rings (SSSR count). The van der Waals surface area contributed by atoms with Crippen molar-refractivity contribution in [3.05, 3.63) is 134 Å². The van der Waals surface area contributed by atoms with Gasteiger partial charge in [-0.1, -0.05) is 219 Å². The Morgan fingerprint density at radius 3 is 1.00 bits per heavy atom. The Kier molecular flexibility index (Phi) is 46.7. The topological polar surface area (TPSA) is 78.9 Å². The van der Waals surface area contributed by atoms with Crippen molar-refractivity contribution < 1.29 is 28.6 Å². The maximum absolute atomic E-state index is 12.8.